The van der Waals surface area contributed by atoms with Crippen molar-refractivity contribution in [3.8, 4) is 0 Å². The Balaban J connectivity index is 2.24. The molecule has 3 nitrogen and oxygen atoms in total. The molecule has 0 bridgehead atoms. The maximum atomic E-state index is 10.6. The first kappa shape index (κ1) is 8.35. The molecule has 1 N–H and O–H groups in total. The van der Waals surface area contributed by atoms with Gasteiger partial charge in [0, 0.05) is 12.3 Å². The molecule has 13 heavy (non-hydrogen) atoms. The van der Waals surface area contributed by atoms with Crippen LogP contribution in [0.25, 0.3) is 0 Å². The van der Waals surface area contributed by atoms with Crippen molar-refractivity contribution in [2.75, 3.05) is 0 Å². The van der Waals surface area contributed by atoms with Crippen LogP contribution in [0.5, 0.6) is 0 Å². The normalized spacial score (nSPS) is 25.9. The van der Waals surface area contributed by atoms with Gasteiger partial charge in [0.25, 0.3) is 0 Å². The van der Waals surface area contributed by atoms with E-state index in [0.29, 0.717) is 5.92 Å². The van der Waals surface area contributed by atoms with Crippen molar-refractivity contribution in [2.24, 2.45) is 5.92 Å². The van der Waals surface area contributed by atoms with E-state index in [1.54, 1.807) is 6.26 Å². The topological polar surface area (TPSA) is 50.4 Å². The number of furan rings is 1. The smallest absolute Gasteiger partial charge is 0.303 e. The number of carboxylic acids is 1. The second kappa shape index (κ2) is 2.91. The van der Waals surface area contributed by atoms with E-state index in [-0.39, 0.29) is 12.3 Å². The third-order valence-corrected chi connectivity index (χ3v) is 2.77. The highest BCUT2D eigenvalue weighted by Crippen LogP contribution is 2.40. The summed E-state index contributed by atoms with van der Waals surface area (Å²) in [5, 5.41) is 8.72. The maximum Gasteiger partial charge on any atom is 0.303 e. The molecule has 2 atom stereocenters. The highest BCUT2D eigenvalue weighted by atomic mass is 16.4. The fraction of sp³-hybridized carbons (Fsp3) is 0.500. The number of aliphatic carboxylic acids is 1. The van der Waals surface area contributed by atoms with Gasteiger partial charge in [0.2, 0.25) is 0 Å². The van der Waals surface area contributed by atoms with Crippen LogP contribution in [0.2, 0.25) is 0 Å². The van der Waals surface area contributed by atoms with Gasteiger partial charge in [-0.2, -0.15) is 0 Å². The highest BCUT2D eigenvalue weighted by Gasteiger charge is 2.32. The zero-order valence-electron chi connectivity index (χ0n) is 7.49. The summed E-state index contributed by atoms with van der Waals surface area (Å²) in [5.41, 5.74) is 1.09. The van der Waals surface area contributed by atoms with E-state index in [1.165, 1.54) is 0 Å². The third-order valence-electron chi connectivity index (χ3n) is 2.77. The molecule has 0 radical (unpaired) electrons. The van der Waals surface area contributed by atoms with E-state index in [9.17, 15) is 4.79 Å². The van der Waals surface area contributed by atoms with Crippen LogP contribution in [-0.4, -0.2) is 11.1 Å². The van der Waals surface area contributed by atoms with Crippen molar-refractivity contribution in [1.82, 2.24) is 0 Å². The molecule has 3 heteroatoms. The van der Waals surface area contributed by atoms with Crippen molar-refractivity contribution in [1.29, 1.82) is 0 Å². The minimum absolute atomic E-state index is 0.145. The molecule has 2 unspecified atom stereocenters. The molecule has 70 valence electrons. The van der Waals surface area contributed by atoms with Gasteiger partial charge < -0.3 is 9.52 Å². The van der Waals surface area contributed by atoms with Gasteiger partial charge in [0.1, 0.15) is 5.76 Å². The van der Waals surface area contributed by atoms with E-state index in [4.69, 9.17) is 9.52 Å². The molecule has 0 aromatic carbocycles. The lowest BCUT2D eigenvalue weighted by molar-refractivity contribution is -0.137. The zero-order chi connectivity index (χ0) is 9.42. The van der Waals surface area contributed by atoms with Crippen molar-refractivity contribution < 1.29 is 14.3 Å². The second-order valence-electron chi connectivity index (χ2n) is 3.68. The Morgan fingerprint density at radius 2 is 2.54 bits per heavy atom. The molecule has 0 saturated heterocycles. The summed E-state index contributed by atoms with van der Waals surface area (Å²) in [6, 6.07) is 1.90. The summed E-state index contributed by atoms with van der Waals surface area (Å²) in [7, 11) is 0. The lowest BCUT2D eigenvalue weighted by Gasteiger charge is -2.12. The Morgan fingerprint density at radius 3 is 3.23 bits per heavy atom. The van der Waals surface area contributed by atoms with E-state index in [2.05, 4.69) is 6.92 Å². The van der Waals surface area contributed by atoms with Gasteiger partial charge in [-0.25, -0.2) is 0 Å². The summed E-state index contributed by atoms with van der Waals surface area (Å²) >= 11 is 0. The van der Waals surface area contributed by atoms with Gasteiger partial charge in [-0.05, 0) is 17.5 Å². The third kappa shape index (κ3) is 1.34. The van der Waals surface area contributed by atoms with Crippen LogP contribution in [0.3, 0.4) is 0 Å². The summed E-state index contributed by atoms with van der Waals surface area (Å²) in [6.07, 6.45) is 2.74. The monoisotopic (exact) mass is 180 g/mol. The van der Waals surface area contributed by atoms with Gasteiger partial charge in [0.05, 0.1) is 12.7 Å². The van der Waals surface area contributed by atoms with E-state index < -0.39 is 5.97 Å². The Kier molecular flexibility index (Phi) is 1.87. The summed E-state index contributed by atoms with van der Waals surface area (Å²) < 4.78 is 5.27. The zero-order valence-corrected chi connectivity index (χ0v) is 7.49. The molecule has 0 fully saturated rings. The molecular formula is C10H12O3. The Bertz CT molecular complexity index is 327. The molecule has 0 amide bonds. The van der Waals surface area contributed by atoms with Crippen molar-refractivity contribution in [3.63, 3.8) is 0 Å². The number of fused-ring (bicyclic) bond motifs is 1. The number of hydrogen-bond donors (Lipinski definition) is 1. The van der Waals surface area contributed by atoms with E-state index in [0.717, 1.165) is 17.7 Å². The highest BCUT2D eigenvalue weighted by molar-refractivity contribution is 5.68. The summed E-state index contributed by atoms with van der Waals surface area (Å²) in [4.78, 5) is 10.6. The van der Waals surface area contributed by atoms with Gasteiger partial charge in [-0.1, -0.05) is 6.92 Å². The Morgan fingerprint density at radius 1 is 1.77 bits per heavy atom. The molecule has 1 heterocycles. The standard InChI is InChI=1S/C10H12O3/c1-6-4-9-7(2-3-13-9)8(6)5-10(11)12/h2-3,6,8H,4-5H2,1H3,(H,11,12). The van der Waals surface area contributed by atoms with Gasteiger partial charge in [-0.15, -0.1) is 0 Å². The minimum Gasteiger partial charge on any atom is -0.481 e. The van der Waals surface area contributed by atoms with Crippen LogP contribution >= 0.6 is 0 Å². The average molecular weight is 180 g/mol. The van der Waals surface area contributed by atoms with Gasteiger partial charge in [-0.3, -0.25) is 4.79 Å². The predicted molar refractivity (Wildman–Crippen MR) is 46.6 cm³/mol. The minimum atomic E-state index is -0.731. The van der Waals surface area contributed by atoms with Crippen LogP contribution in [-0.2, 0) is 11.2 Å². The molecule has 1 aromatic heterocycles. The molecule has 0 spiro atoms. The number of hydrogen-bond acceptors (Lipinski definition) is 2. The predicted octanol–water partition coefficient (Wildman–Crippen LogP) is 2.03. The van der Waals surface area contributed by atoms with Crippen molar-refractivity contribution in [2.45, 2.75) is 25.7 Å². The van der Waals surface area contributed by atoms with Gasteiger partial charge >= 0.3 is 5.97 Å². The summed E-state index contributed by atoms with van der Waals surface area (Å²) in [6.45, 7) is 2.07. The first-order chi connectivity index (χ1) is 6.18. The second-order valence-corrected chi connectivity index (χ2v) is 3.68. The van der Waals surface area contributed by atoms with Crippen LogP contribution < -0.4 is 0 Å². The number of carboxylic acid groups (broad SMARTS) is 1. The Hall–Kier alpha value is -1.25. The molecule has 0 saturated carbocycles. The molecule has 1 aliphatic rings. The van der Waals surface area contributed by atoms with E-state index >= 15 is 0 Å². The van der Waals surface area contributed by atoms with Crippen LogP contribution in [0, 0.1) is 5.92 Å². The van der Waals surface area contributed by atoms with E-state index in [1.807, 2.05) is 6.07 Å². The first-order valence-electron chi connectivity index (χ1n) is 4.46. The fourth-order valence-electron chi connectivity index (χ4n) is 2.09. The fourth-order valence-corrected chi connectivity index (χ4v) is 2.09. The molecule has 0 aliphatic heterocycles. The average Bonchev–Trinajstić information content (AvgIpc) is 2.55. The largest absolute Gasteiger partial charge is 0.481 e. The lowest BCUT2D eigenvalue weighted by atomic mass is 9.91. The maximum absolute atomic E-state index is 10.6. The van der Waals surface area contributed by atoms with Gasteiger partial charge in [0.15, 0.2) is 0 Å². The molecular weight excluding hydrogens is 168 g/mol. The van der Waals surface area contributed by atoms with Crippen molar-refractivity contribution in [3.05, 3.63) is 23.7 Å². The summed E-state index contributed by atoms with van der Waals surface area (Å²) in [5.74, 6) is 0.780. The first-order valence-corrected chi connectivity index (χ1v) is 4.46. The van der Waals surface area contributed by atoms with Crippen LogP contribution in [0.1, 0.15) is 30.6 Å². The van der Waals surface area contributed by atoms with Crippen molar-refractivity contribution >= 4 is 5.97 Å². The number of rotatable bonds is 2. The quantitative estimate of drug-likeness (QED) is 0.757. The van der Waals surface area contributed by atoms with Crippen LogP contribution in [0.15, 0.2) is 16.7 Å². The lowest BCUT2D eigenvalue weighted by Crippen LogP contribution is -2.09. The Labute approximate surface area is 76.4 Å². The van der Waals surface area contributed by atoms with Crippen LogP contribution in [0.4, 0.5) is 0 Å². The molecule has 2 rings (SSSR count). The number of carbonyl (C=O) groups is 1. The molecule has 1 aliphatic carbocycles. The molecule has 1 aromatic rings. The SMILES string of the molecule is CC1Cc2occc2C1CC(=O)O.